The van der Waals surface area contributed by atoms with E-state index in [0.29, 0.717) is 17.2 Å². The maximum atomic E-state index is 12.4. The van der Waals surface area contributed by atoms with Crippen LogP contribution in [-0.2, 0) is 5.75 Å². The third-order valence-corrected chi connectivity index (χ3v) is 6.77. The first-order chi connectivity index (χ1) is 15.2. The standard InChI is InChI=1S/C26H19NO2S2/c28-26(27-20-11-9-18(10-12-20)17-5-2-1-3-6-17)29-21-13-14-24-23(15-21)22-8-4-7-19(16-30)25(22)31-24/h1-15,30H,16H2,(H,27,28). The van der Waals surface area contributed by atoms with Gasteiger partial charge in [-0.15, -0.1) is 11.3 Å². The van der Waals surface area contributed by atoms with E-state index in [1.165, 1.54) is 10.3 Å². The molecule has 0 saturated carbocycles. The van der Waals surface area contributed by atoms with Gasteiger partial charge in [-0.1, -0.05) is 60.7 Å². The van der Waals surface area contributed by atoms with E-state index < -0.39 is 6.09 Å². The first-order valence-electron chi connectivity index (χ1n) is 9.90. The van der Waals surface area contributed by atoms with Crippen LogP contribution in [0.5, 0.6) is 5.75 Å². The lowest BCUT2D eigenvalue weighted by Crippen LogP contribution is -2.16. The first-order valence-corrected chi connectivity index (χ1v) is 11.4. The molecule has 0 aliphatic rings. The summed E-state index contributed by atoms with van der Waals surface area (Å²) in [5.41, 5.74) is 4.12. The van der Waals surface area contributed by atoms with Gasteiger partial charge in [-0.3, -0.25) is 5.32 Å². The molecule has 4 aromatic carbocycles. The number of carbonyl (C=O) groups is 1. The molecular formula is C26H19NO2S2. The average molecular weight is 442 g/mol. The van der Waals surface area contributed by atoms with E-state index >= 15 is 0 Å². The molecule has 0 aliphatic heterocycles. The lowest BCUT2D eigenvalue weighted by atomic mass is 10.1. The van der Waals surface area contributed by atoms with Crippen LogP contribution in [0.1, 0.15) is 5.56 Å². The number of hydrogen-bond acceptors (Lipinski definition) is 4. The van der Waals surface area contributed by atoms with Gasteiger partial charge < -0.3 is 4.74 Å². The molecule has 31 heavy (non-hydrogen) atoms. The third-order valence-electron chi connectivity index (χ3n) is 5.17. The van der Waals surface area contributed by atoms with E-state index in [9.17, 15) is 4.79 Å². The summed E-state index contributed by atoms with van der Waals surface area (Å²) in [7, 11) is 0. The second-order valence-corrected chi connectivity index (χ2v) is 8.54. The minimum absolute atomic E-state index is 0.512. The molecule has 0 radical (unpaired) electrons. The van der Waals surface area contributed by atoms with Crippen molar-refractivity contribution in [3.05, 3.63) is 96.6 Å². The molecule has 0 aliphatic carbocycles. The summed E-state index contributed by atoms with van der Waals surface area (Å²) in [6.07, 6.45) is -0.512. The molecule has 0 fully saturated rings. The molecule has 1 aromatic heterocycles. The van der Waals surface area contributed by atoms with Gasteiger partial charge in [0, 0.05) is 31.6 Å². The number of thiophene rings is 1. The van der Waals surface area contributed by atoms with Crippen molar-refractivity contribution >= 4 is 55.9 Å². The van der Waals surface area contributed by atoms with Gasteiger partial charge in [-0.05, 0) is 47.0 Å². The monoisotopic (exact) mass is 441 g/mol. The summed E-state index contributed by atoms with van der Waals surface area (Å²) in [5.74, 6) is 1.21. The van der Waals surface area contributed by atoms with E-state index in [1.54, 1.807) is 11.3 Å². The van der Waals surface area contributed by atoms with E-state index in [2.05, 4.69) is 42.2 Å². The van der Waals surface area contributed by atoms with E-state index in [1.807, 2.05) is 66.7 Å². The Morgan fingerprint density at radius 3 is 2.39 bits per heavy atom. The molecule has 0 atom stereocenters. The fourth-order valence-corrected chi connectivity index (χ4v) is 5.22. The van der Waals surface area contributed by atoms with Crippen molar-refractivity contribution in [1.82, 2.24) is 0 Å². The first kappa shape index (κ1) is 19.7. The molecule has 0 saturated heterocycles. The van der Waals surface area contributed by atoms with Crippen molar-refractivity contribution in [2.75, 3.05) is 5.32 Å². The SMILES string of the molecule is O=C(Nc1ccc(-c2ccccc2)cc1)Oc1ccc2sc3c(CS)cccc3c2c1. The van der Waals surface area contributed by atoms with Crippen LogP contribution in [0.3, 0.4) is 0 Å². The molecule has 1 amide bonds. The predicted octanol–water partition coefficient (Wildman–Crippen LogP) is 7.76. The lowest BCUT2D eigenvalue weighted by molar-refractivity contribution is 0.215. The Kier molecular flexibility index (Phi) is 5.37. The van der Waals surface area contributed by atoms with Crippen molar-refractivity contribution in [3.8, 4) is 16.9 Å². The predicted molar refractivity (Wildman–Crippen MR) is 134 cm³/mol. The van der Waals surface area contributed by atoms with Gasteiger partial charge >= 0.3 is 6.09 Å². The van der Waals surface area contributed by atoms with E-state index in [0.717, 1.165) is 26.6 Å². The minimum atomic E-state index is -0.512. The van der Waals surface area contributed by atoms with E-state index in [-0.39, 0.29) is 0 Å². The molecule has 1 N–H and O–H groups in total. The lowest BCUT2D eigenvalue weighted by Gasteiger charge is -2.08. The average Bonchev–Trinajstić information content (AvgIpc) is 3.18. The smallest absolute Gasteiger partial charge is 0.410 e. The fourth-order valence-electron chi connectivity index (χ4n) is 3.65. The van der Waals surface area contributed by atoms with Gasteiger partial charge in [0.15, 0.2) is 0 Å². The van der Waals surface area contributed by atoms with Gasteiger partial charge in [0.25, 0.3) is 0 Å². The number of fused-ring (bicyclic) bond motifs is 3. The fraction of sp³-hybridized carbons (Fsp3) is 0.0385. The van der Waals surface area contributed by atoms with Crippen molar-refractivity contribution in [1.29, 1.82) is 0 Å². The summed E-state index contributed by atoms with van der Waals surface area (Å²) in [4.78, 5) is 12.4. The number of amides is 1. The molecule has 0 spiro atoms. The van der Waals surface area contributed by atoms with Gasteiger partial charge in [0.05, 0.1) is 0 Å². The minimum Gasteiger partial charge on any atom is -0.410 e. The van der Waals surface area contributed by atoms with Crippen molar-refractivity contribution in [2.24, 2.45) is 0 Å². The summed E-state index contributed by atoms with van der Waals surface area (Å²) in [6, 6.07) is 29.8. The highest BCUT2D eigenvalue weighted by Crippen LogP contribution is 2.38. The highest BCUT2D eigenvalue weighted by Gasteiger charge is 2.11. The number of ether oxygens (including phenoxy) is 1. The molecule has 5 rings (SSSR count). The number of rotatable bonds is 4. The summed E-state index contributed by atoms with van der Waals surface area (Å²) in [6.45, 7) is 0. The molecule has 152 valence electrons. The molecule has 0 bridgehead atoms. The Balaban J connectivity index is 1.34. The Morgan fingerprint density at radius 2 is 1.61 bits per heavy atom. The summed E-state index contributed by atoms with van der Waals surface area (Å²) in [5, 5.41) is 5.04. The van der Waals surface area contributed by atoms with Crippen LogP contribution in [0.25, 0.3) is 31.3 Å². The molecule has 3 nitrogen and oxygen atoms in total. The number of hydrogen-bond donors (Lipinski definition) is 2. The molecule has 5 aromatic rings. The zero-order valence-electron chi connectivity index (χ0n) is 16.5. The number of thiol groups is 1. The Morgan fingerprint density at radius 1 is 0.839 bits per heavy atom. The number of benzene rings is 4. The van der Waals surface area contributed by atoms with Crippen molar-refractivity contribution < 1.29 is 9.53 Å². The highest BCUT2D eigenvalue weighted by molar-refractivity contribution is 7.79. The number of carbonyl (C=O) groups excluding carboxylic acids is 1. The van der Waals surface area contributed by atoms with Crippen LogP contribution in [0.4, 0.5) is 10.5 Å². The van der Waals surface area contributed by atoms with Crippen molar-refractivity contribution in [3.63, 3.8) is 0 Å². The van der Waals surface area contributed by atoms with Crippen LogP contribution in [0, 0.1) is 0 Å². The van der Waals surface area contributed by atoms with Gasteiger partial charge in [-0.25, -0.2) is 4.79 Å². The normalized spacial score (nSPS) is 11.0. The second kappa shape index (κ2) is 8.46. The quantitative estimate of drug-likeness (QED) is 0.280. The topological polar surface area (TPSA) is 38.3 Å². The van der Waals surface area contributed by atoms with E-state index in [4.69, 9.17) is 4.74 Å². The zero-order valence-corrected chi connectivity index (χ0v) is 18.3. The molecule has 5 heteroatoms. The molecular weight excluding hydrogens is 422 g/mol. The Bertz CT molecular complexity index is 1380. The maximum Gasteiger partial charge on any atom is 0.417 e. The second-order valence-electron chi connectivity index (χ2n) is 7.17. The highest BCUT2D eigenvalue weighted by atomic mass is 32.1. The summed E-state index contributed by atoms with van der Waals surface area (Å²) >= 11 is 6.17. The van der Waals surface area contributed by atoms with Gasteiger partial charge in [0.1, 0.15) is 5.75 Å². The van der Waals surface area contributed by atoms with Gasteiger partial charge in [-0.2, -0.15) is 12.6 Å². The van der Waals surface area contributed by atoms with Crippen LogP contribution in [0.2, 0.25) is 0 Å². The molecule has 1 heterocycles. The van der Waals surface area contributed by atoms with Crippen LogP contribution < -0.4 is 10.1 Å². The zero-order chi connectivity index (χ0) is 21.2. The summed E-state index contributed by atoms with van der Waals surface area (Å²) < 4.78 is 7.95. The molecule has 0 unspecified atom stereocenters. The number of anilines is 1. The maximum absolute atomic E-state index is 12.4. The number of nitrogens with one attached hydrogen (secondary N) is 1. The van der Waals surface area contributed by atoms with Gasteiger partial charge in [0.2, 0.25) is 0 Å². The Labute approximate surface area is 189 Å². The Hall–Kier alpha value is -3.28. The largest absolute Gasteiger partial charge is 0.417 e. The van der Waals surface area contributed by atoms with Crippen LogP contribution in [0.15, 0.2) is 91.0 Å². The van der Waals surface area contributed by atoms with Crippen molar-refractivity contribution in [2.45, 2.75) is 5.75 Å². The van der Waals surface area contributed by atoms with Crippen LogP contribution in [-0.4, -0.2) is 6.09 Å². The van der Waals surface area contributed by atoms with Crippen LogP contribution >= 0.6 is 24.0 Å². The third kappa shape index (κ3) is 4.02.